The molecule has 0 atom stereocenters. The monoisotopic (exact) mass is 534 g/mol. The first kappa shape index (κ1) is 21.7. The molecule has 0 saturated heterocycles. The fourth-order valence-corrected chi connectivity index (χ4v) is 7.08. The van der Waals surface area contributed by atoms with Gasteiger partial charge in [-0.1, -0.05) is 90.4 Å². The number of para-hydroxylation sites is 2. The number of aromatic nitrogens is 5. The molecule has 0 amide bonds. The minimum Gasteiger partial charge on any atom is -0.360 e. The third kappa shape index (κ3) is 2.52. The van der Waals surface area contributed by atoms with Gasteiger partial charge in [0.2, 0.25) is 0 Å². The van der Waals surface area contributed by atoms with Crippen LogP contribution < -0.4 is 0 Å². The van der Waals surface area contributed by atoms with E-state index in [0.717, 1.165) is 27.2 Å². The molecule has 0 radical (unpaired) electrons. The van der Waals surface area contributed by atoms with Crippen molar-refractivity contribution in [2.45, 2.75) is 0 Å². The van der Waals surface area contributed by atoms with Crippen molar-refractivity contribution in [2.24, 2.45) is 0 Å². The fourth-order valence-electron chi connectivity index (χ4n) is 7.08. The van der Waals surface area contributed by atoms with E-state index in [1.54, 1.807) is 6.20 Å². The van der Waals surface area contributed by atoms with Gasteiger partial charge in [0.1, 0.15) is 0 Å². The van der Waals surface area contributed by atoms with Crippen molar-refractivity contribution in [2.75, 3.05) is 0 Å². The van der Waals surface area contributed by atoms with Gasteiger partial charge in [0, 0.05) is 49.3 Å². The Morgan fingerprint density at radius 3 is 2.14 bits per heavy atom. The lowest BCUT2D eigenvalue weighted by atomic mass is 10.0. The SMILES string of the molecule is [C-]#[N+]c1nc(-n2c3ccccc3c3cc4c5ccccc5n5c6c7ccccc7ccc6c(c32)c45)nc2ncccc12. The van der Waals surface area contributed by atoms with Crippen LogP contribution >= 0.6 is 0 Å². The quantitative estimate of drug-likeness (QED) is 0.198. The van der Waals surface area contributed by atoms with Crippen molar-refractivity contribution in [1.82, 2.24) is 23.9 Å². The summed E-state index contributed by atoms with van der Waals surface area (Å²) in [5, 5.41) is 10.1. The predicted octanol–water partition coefficient (Wildman–Crippen LogP) is 8.98. The highest BCUT2D eigenvalue weighted by atomic mass is 15.2. The lowest BCUT2D eigenvalue weighted by Gasteiger charge is -2.07. The molecular formula is C36H18N6. The summed E-state index contributed by atoms with van der Waals surface area (Å²) in [7, 11) is 0. The van der Waals surface area contributed by atoms with E-state index in [-0.39, 0.29) is 0 Å². The van der Waals surface area contributed by atoms with Gasteiger partial charge in [0.05, 0.1) is 27.6 Å². The molecule has 10 aromatic rings. The highest BCUT2D eigenvalue weighted by Gasteiger charge is 2.27. The summed E-state index contributed by atoms with van der Waals surface area (Å²) >= 11 is 0. The van der Waals surface area contributed by atoms with Crippen LogP contribution in [0.15, 0.2) is 109 Å². The summed E-state index contributed by atoms with van der Waals surface area (Å²) in [6.45, 7) is 7.90. The molecular weight excluding hydrogens is 516 g/mol. The van der Waals surface area contributed by atoms with Crippen molar-refractivity contribution >= 4 is 87.5 Å². The number of hydrogen-bond acceptors (Lipinski definition) is 3. The first-order chi connectivity index (χ1) is 20.8. The summed E-state index contributed by atoms with van der Waals surface area (Å²) in [6, 6.07) is 36.1. The average molecular weight is 535 g/mol. The Labute approximate surface area is 237 Å². The van der Waals surface area contributed by atoms with Gasteiger partial charge in [-0.2, -0.15) is 4.98 Å². The number of nitrogens with zero attached hydrogens (tertiary/aromatic N) is 6. The zero-order chi connectivity index (χ0) is 27.5. The van der Waals surface area contributed by atoms with Gasteiger partial charge in [-0.05, 0) is 29.7 Å². The lowest BCUT2D eigenvalue weighted by molar-refractivity contribution is 1.01. The van der Waals surface area contributed by atoms with Crippen molar-refractivity contribution in [3.05, 3.63) is 121 Å². The smallest absolute Gasteiger partial charge is 0.333 e. The topological polar surface area (TPSA) is 52.4 Å². The van der Waals surface area contributed by atoms with Gasteiger partial charge in [-0.15, -0.1) is 0 Å². The van der Waals surface area contributed by atoms with E-state index in [2.05, 4.69) is 104 Å². The van der Waals surface area contributed by atoms with Gasteiger partial charge < -0.3 is 9.25 Å². The number of pyridine rings is 1. The van der Waals surface area contributed by atoms with Crippen molar-refractivity contribution < 1.29 is 0 Å². The molecule has 5 aromatic heterocycles. The standard InChI is InChI=1S/C36H18N6/c1-37-34-25-13-8-18-38-35(25)40-36(39-34)42-29-15-7-5-12-23(29)27-19-26-22-11-4-6-14-28(22)41-31-21-10-3-2-9-20(21)16-17-24(31)30(32(26)41)33(27)42/h2-19H. The maximum atomic E-state index is 7.90. The minimum absolute atomic E-state index is 0.298. The van der Waals surface area contributed by atoms with E-state index < -0.39 is 0 Å². The summed E-state index contributed by atoms with van der Waals surface area (Å²) in [6.07, 6.45) is 1.71. The molecule has 192 valence electrons. The summed E-state index contributed by atoms with van der Waals surface area (Å²) in [5.74, 6) is 0.748. The Hall–Kier alpha value is -6.06. The molecule has 0 fully saturated rings. The van der Waals surface area contributed by atoms with Crippen LogP contribution in [0.3, 0.4) is 0 Å². The molecule has 6 heteroatoms. The van der Waals surface area contributed by atoms with Crippen LogP contribution in [0.2, 0.25) is 0 Å². The van der Waals surface area contributed by atoms with Gasteiger partial charge >= 0.3 is 5.95 Å². The number of benzene rings is 5. The van der Waals surface area contributed by atoms with E-state index in [0.29, 0.717) is 22.8 Å². The largest absolute Gasteiger partial charge is 0.360 e. The van der Waals surface area contributed by atoms with Crippen LogP contribution in [-0.4, -0.2) is 23.9 Å². The predicted molar refractivity (Wildman–Crippen MR) is 170 cm³/mol. The number of rotatable bonds is 1. The van der Waals surface area contributed by atoms with Crippen LogP contribution in [0.1, 0.15) is 0 Å². The number of fused-ring (bicyclic) bond motifs is 13. The molecule has 0 aliphatic rings. The molecule has 0 aliphatic heterocycles. The molecule has 10 rings (SSSR count). The molecule has 0 bridgehead atoms. The van der Waals surface area contributed by atoms with Crippen LogP contribution in [0.5, 0.6) is 0 Å². The molecule has 0 N–H and O–H groups in total. The van der Waals surface area contributed by atoms with E-state index in [9.17, 15) is 0 Å². The second-order valence-corrected chi connectivity index (χ2v) is 10.8. The van der Waals surface area contributed by atoms with Crippen LogP contribution in [0.25, 0.3) is 92.5 Å². The Morgan fingerprint density at radius 2 is 1.29 bits per heavy atom. The van der Waals surface area contributed by atoms with E-state index >= 15 is 0 Å². The zero-order valence-electron chi connectivity index (χ0n) is 22.1. The second-order valence-electron chi connectivity index (χ2n) is 10.8. The molecule has 0 aliphatic carbocycles. The van der Waals surface area contributed by atoms with E-state index in [4.69, 9.17) is 16.5 Å². The first-order valence-corrected chi connectivity index (χ1v) is 13.8. The Morgan fingerprint density at radius 1 is 0.571 bits per heavy atom. The highest BCUT2D eigenvalue weighted by molar-refractivity contribution is 6.36. The Balaban J connectivity index is 1.53. The van der Waals surface area contributed by atoms with Crippen LogP contribution in [-0.2, 0) is 0 Å². The summed E-state index contributed by atoms with van der Waals surface area (Å²) in [5.41, 5.74) is 6.11. The lowest BCUT2D eigenvalue weighted by Crippen LogP contribution is -2.02. The zero-order valence-corrected chi connectivity index (χ0v) is 22.1. The molecule has 5 heterocycles. The van der Waals surface area contributed by atoms with Gasteiger partial charge in [-0.3, -0.25) is 4.57 Å². The third-order valence-corrected chi connectivity index (χ3v) is 8.73. The normalized spacial score (nSPS) is 12.3. The summed E-state index contributed by atoms with van der Waals surface area (Å²) in [4.78, 5) is 18.1. The van der Waals surface area contributed by atoms with Crippen LogP contribution in [0, 0.1) is 6.57 Å². The maximum absolute atomic E-state index is 7.90. The van der Waals surface area contributed by atoms with E-state index in [1.165, 1.54) is 43.5 Å². The van der Waals surface area contributed by atoms with Crippen molar-refractivity contribution in [3.63, 3.8) is 0 Å². The van der Waals surface area contributed by atoms with Gasteiger partial charge in [0.15, 0.2) is 5.65 Å². The second kappa shape index (κ2) is 7.57. The number of hydrogen-bond donors (Lipinski definition) is 0. The molecule has 42 heavy (non-hydrogen) atoms. The molecule has 0 unspecified atom stereocenters. The Kier molecular flexibility index (Phi) is 3.91. The van der Waals surface area contributed by atoms with Gasteiger partial charge in [0.25, 0.3) is 5.82 Å². The third-order valence-electron chi connectivity index (χ3n) is 8.73. The average Bonchev–Trinajstić information content (AvgIpc) is 3.68. The fraction of sp³-hybridized carbons (Fsp3) is 0. The van der Waals surface area contributed by atoms with Crippen molar-refractivity contribution in [3.8, 4) is 5.95 Å². The van der Waals surface area contributed by atoms with Crippen molar-refractivity contribution in [1.29, 1.82) is 0 Å². The van der Waals surface area contributed by atoms with E-state index in [1.807, 2.05) is 18.2 Å². The van der Waals surface area contributed by atoms with Gasteiger partial charge in [-0.25, -0.2) is 4.98 Å². The highest BCUT2D eigenvalue weighted by Crippen LogP contribution is 2.47. The Bertz CT molecular complexity index is 2810. The summed E-state index contributed by atoms with van der Waals surface area (Å²) < 4.78 is 4.57. The maximum Gasteiger partial charge on any atom is 0.333 e. The van der Waals surface area contributed by atoms with Crippen LogP contribution in [0.4, 0.5) is 5.82 Å². The minimum atomic E-state index is 0.298. The first-order valence-electron chi connectivity index (χ1n) is 13.8. The molecule has 6 nitrogen and oxygen atoms in total. The molecule has 0 saturated carbocycles. The molecule has 5 aromatic carbocycles. The molecule has 0 spiro atoms.